The first-order chi connectivity index (χ1) is 11.6. The average molecular weight is 330 g/mol. The van der Waals surface area contributed by atoms with Crippen LogP contribution >= 0.6 is 0 Å². The molecule has 2 heterocycles. The van der Waals surface area contributed by atoms with E-state index in [1.54, 1.807) is 4.90 Å². The minimum Gasteiger partial charge on any atom is -0.493 e. The Hall–Kier alpha value is -2.90. The van der Waals surface area contributed by atoms with Gasteiger partial charge in [-0.1, -0.05) is 18.2 Å². The molecule has 1 fully saturated rings. The van der Waals surface area contributed by atoms with E-state index in [9.17, 15) is 14.9 Å². The molecule has 1 atom stereocenters. The van der Waals surface area contributed by atoms with E-state index in [0.717, 1.165) is 24.8 Å². The second kappa shape index (κ2) is 7.12. The number of aromatic nitrogens is 2. The number of hydrogen-bond acceptors (Lipinski definition) is 5. The predicted molar refractivity (Wildman–Crippen MR) is 85.8 cm³/mol. The Labute approximate surface area is 138 Å². The third-order valence-corrected chi connectivity index (χ3v) is 4.07. The molecule has 1 saturated heterocycles. The normalized spacial score (nSPS) is 17.5. The summed E-state index contributed by atoms with van der Waals surface area (Å²) in [7, 11) is 0. The molecule has 3 rings (SSSR count). The van der Waals surface area contributed by atoms with E-state index in [4.69, 9.17) is 4.74 Å². The number of para-hydroxylation sites is 1. The maximum absolute atomic E-state index is 12.5. The van der Waals surface area contributed by atoms with Crippen LogP contribution in [0.1, 0.15) is 23.3 Å². The number of piperidine rings is 1. The van der Waals surface area contributed by atoms with Gasteiger partial charge in [0.25, 0.3) is 5.91 Å². The second-order valence-electron chi connectivity index (χ2n) is 5.77. The van der Waals surface area contributed by atoms with Crippen molar-refractivity contribution >= 4 is 11.6 Å². The lowest BCUT2D eigenvalue weighted by molar-refractivity contribution is -0.385. The summed E-state index contributed by atoms with van der Waals surface area (Å²) in [5.41, 5.74) is -0.354. The Balaban J connectivity index is 1.61. The SMILES string of the molecule is O=C(c1[nH]ncc1[N+](=O)[O-])N1CCCC(COc2ccccc2)C1. The van der Waals surface area contributed by atoms with Gasteiger partial charge in [-0.2, -0.15) is 5.10 Å². The first-order valence-corrected chi connectivity index (χ1v) is 7.80. The van der Waals surface area contributed by atoms with Crippen molar-refractivity contribution in [2.24, 2.45) is 5.92 Å². The van der Waals surface area contributed by atoms with Gasteiger partial charge in [0.05, 0.1) is 11.5 Å². The zero-order chi connectivity index (χ0) is 16.9. The average Bonchev–Trinajstić information content (AvgIpc) is 3.10. The van der Waals surface area contributed by atoms with Crippen LogP contribution in [0, 0.1) is 16.0 Å². The molecule has 8 heteroatoms. The van der Waals surface area contributed by atoms with Gasteiger partial charge in [0.2, 0.25) is 5.69 Å². The lowest BCUT2D eigenvalue weighted by Gasteiger charge is -2.32. The number of aromatic amines is 1. The Morgan fingerprint density at radius 3 is 2.96 bits per heavy atom. The van der Waals surface area contributed by atoms with Gasteiger partial charge in [0.1, 0.15) is 11.9 Å². The molecule has 0 bridgehead atoms. The van der Waals surface area contributed by atoms with Gasteiger partial charge in [-0.25, -0.2) is 0 Å². The first-order valence-electron chi connectivity index (χ1n) is 7.80. The van der Waals surface area contributed by atoms with Crippen molar-refractivity contribution in [1.29, 1.82) is 0 Å². The Bertz CT molecular complexity index is 716. The van der Waals surface area contributed by atoms with Crippen molar-refractivity contribution in [2.45, 2.75) is 12.8 Å². The van der Waals surface area contributed by atoms with Crippen molar-refractivity contribution in [1.82, 2.24) is 15.1 Å². The molecule has 0 aliphatic carbocycles. The van der Waals surface area contributed by atoms with Crippen molar-refractivity contribution in [3.63, 3.8) is 0 Å². The standard InChI is InChI=1S/C16H18N4O4/c21-16(15-14(20(22)23)9-17-18-15)19-8-4-5-12(10-19)11-24-13-6-2-1-3-7-13/h1-3,6-7,9,12H,4-5,8,10-11H2,(H,17,18). The molecule has 0 spiro atoms. The molecular formula is C16H18N4O4. The smallest absolute Gasteiger partial charge is 0.319 e. The highest BCUT2D eigenvalue weighted by molar-refractivity contribution is 5.96. The van der Waals surface area contributed by atoms with Crippen molar-refractivity contribution in [3.05, 3.63) is 52.3 Å². The Morgan fingerprint density at radius 1 is 1.42 bits per heavy atom. The fourth-order valence-electron chi connectivity index (χ4n) is 2.85. The number of benzene rings is 1. The number of amides is 1. The summed E-state index contributed by atoms with van der Waals surface area (Å²) in [6.07, 6.45) is 2.87. The lowest BCUT2D eigenvalue weighted by atomic mass is 9.98. The summed E-state index contributed by atoms with van der Waals surface area (Å²) in [5, 5.41) is 17.0. The quantitative estimate of drug-likeness (QED) is 0.669. The van der Waals surface area contributed by atoms with E-state index in [1.165, 1.54) is 0 Å². The monoisotopic (exact) mass is 330 g/mol. The lowest BCUT2D eigenvalue weighted by Crippen LogP contribution is -2.41. The van der Waals surface area contributed by atoms with E-state index in [2.05, 4.69) is 10.2 Å². The highest BCUT2D eigenvalue weighted by Crippen LogP contribution is 2.22. The Morgan fingerprint density at radius 2 is 2.21 bits per heavy atom. The maximum atomic E-state index is 12.5. The molecule has 0 saturated carbocycles. The molecule has 126 valence electrons. The topological polar surface area (TPSA) is 101 Å². The van der Waals surface area contributed by atoms with Crippen molar-refractivity contribution in [3.8, 4) is 5.75 Å². The highest BCUT2D eigenvalue weighted by atomic mass is 16.6. The van der Waals surface area contributed by atoms with Crippen molar-refractivity contribution in [2.75, 3.05) is 19.7 Å². The van der Waals surface area contributed by atoms with Crippen LogP contribution in [-0.4, -0.2) is 45.6 Å². The van der Waals surface area contributed by atoms with Gasteiger partial charge in [-0.15, -0.1) is 0 Å². The van der Waals surface area contributed by atoms with Crippen LogP contribution < -0.4 is 4.74 Å². The van der Waals surface area contributed by atoms with Crippen molar-refractivity contribution < 1.29 is 14.5 Å². The van der Waals surface area contributed by atoms with Crippen LogP contribution in [0.4, 0.5) is 5.69 Å². The van der Waals surface area contributed by atoms with Gasteiger partial charge >= 0.3 is 5.69 Å². The third kappa shape index (κ3) is 3.53. The molecule has 0 radical (unpaired) electrons. The number of nitro groups is 1. The number of likely N-dealkylation sites (tertiary alicyclic amines) is 1. The number of ether oxygens (including phenoxy) is 1. The predicted octanol–water partition coefficient (Wildman–Crippen LogP) is 2.25. The van der Waals surface area contributed by atoms with E-state index >= 15 is 0 Å². The van der Waals surface area contributed by atoms with Crippen LogP contribution in [0.2, 0.25) is 0 Å². The molecule has 24 heavy (non-hydrogen) atoms. The highest BCUT2D eigenvalue weighted by Gasteiger charge is 2.30. The number of nitrogens with zero attached hydrogens (tertiary/aromatic N) is 3. The molecule has 1 aromatic heterocycles. The zero-order valence-electron chi connectivity index (χ0n) is 13.1. The van der Waals surface area contributed by atoms with Gasteiger partial charge in [-0.05, 0) is 25.0 Å². The number of hydrogen-bond donors (Lipinski definition) is 1. The van der Waals surface area contributed by atoms with Gasteiger partial charge in [-0.3, -0.25) is 20.0 Å². The number of carbonyl (C=O) groups excluding carboxylic acids is 1. The van der Waals surface area contributed by atoms with E-state index in [1.807, 2.05) is 30.3 Å². The van der Waals surface area contributed by atoms with E-state index in [-0.39, 0.29) is 23.2 Å². The maximum Gasteiger partial charge on any atom is 0.319 e. The second-order valence-corrected chi connectivity index (χ2v) is 5.77. The van der Waals surface area contributed by atoms with Crippen LogP contribution in [0.15, 0.2) is 36.5 Å². The zero-order valence-corrected chi connectivity index (χ0v) is 13.1. The van der Waals surface area contributed by atoms with Crippen LogP contribution in [0.25, 0.3) is 0 Å². The van der Waals surface area contributed by atoms with Crippen LogP contribution in [0.3, 0.4) is 0 Å². The largest absolute Gasteiger partial charge is 0.493 e. The molecular weight excluding hydrogens is 312 g/mol. The summed E-state index contributed by atoms with van der Waals surface area (Å²) in [4.78, 5) is 24.5. The molecule has 1 amide bonds. The molecule has 2 aromatic rings. The molecule has 1 aromatic carbocycles. The summed E-state index contributed by atoms with van der Waals surface area (Å²) < 4.78 is 5.76. The summed E-state index contributed by atoms with van der Waals surface area (Å²) in [6.45, 7) is 1.61. The van der Waals surface area contributed by atoms with Gasteiger partial charge < -0.3 is 9.64 Å². The number of nitrogens with one attached hydrogen (secondary N) is 1. The molecule has 1 aliphatic heterocycles. The van der Waals surface area contributed by atoms with E-state index in [0.29, 0.717) is 19.7 Å². The summed E-state index contributed by atoms with van der Waals surface area (Å²) in [6, 6.07) is 9.51. The minimum absolute atomic E-state index is 0.0652. The minimum atomic E-state index is -0.601. The number of rotatable bonds is 5. The number of carbonyl (C=O) groups is 1. The first kappa shape index (κ1) is 16.0. The molecule has 1 unspecified atom stereocenters. The van der Waals surface area contributed by atoms with Gasteiger partial charge in [0, 0.05) is 19.0 Å². The molecule has 1 aliphatic rings. The summed E-state index contributed by atoms with van der Waals surface area (Å²) >= 11 is 0. The van der Waals surface area contributed by atoms with Crippen LogP contribution in [-0.2, 0) is 0 Å². The molecule has 1 N–H and O–H groups in total. The fraction of sp³-hybridized carbons (Fsp3) is 0.375. The number of H-pyrrole nitrogens is 1. The van der Waals surface area contributed by atoms with Gasteiger partial charge in [0.15, 0.2) is 0 Å². The third-order valence-electron chi connectivity index (χ3n) is 4.07. The fourth-order valence-corrected chi connectivity index (χ4v) is 2.85. The van der Waals surface area contributed by atoms with Crippen LogP contribution in [0.5, 0.6) is 5.75 Å². The Kier molecular flexibility index (Phi) is 4.74. The van der Waals surface area contributed by atoms with E-state index < -0.39 is 4.92 Å². The summed E-state index contributed by atoms with van der Waals surface area (Å²) in [5.74, 6) is 0.610. The molecule has 8 nitrogen and oxygen atoms in total.